The van der Waals surface area contributed by atoms with Crippen molar-refractivity contribution in [2.45, 2.75) is 25.0 Å². The van der Waals surface area contributed by atoms with Crippen molar-refractivity contribution in [3.05, 3.63) is 28.9 Å². The molecule has 2 heterocycles. The number of aromatic nitrogens is 1. The van der Waals surface area contributed by atoms with Crippen molar-refractivity contribution in [3.63, 3.8) is 0 Å². The van der Waals surface area contributed by atoms with Gasteiger partial charge in [-0.25, -0.2) is 0 Å². The summed E-state index contributed by atoms with van der Waals surface area (Å²) in [5.74, 6) is 0.218. The quantitative estimate of drug-likeness (QED) is 0.523. The summed E-state index contributed by atoms with van der Waals surface area (Å²) in [5.41, 5.74) is 7.17. The molecule has 0 unspecified atom stereocenters. The topological polar surface area (TPSA) is 106 Å². The SMILES string of the molecule is [N-]=CN=C(N)c1ccc([C@H]2CC[C@@H](CO)O2)[nH]1. The Labute approximate surface area is 99.0 Å². The van der Waals surface area contributed by atoms with E-state index < -0.39 is 0 Å². The predicted octanol–water partition coefficient (Wildman–Crippen LogP) is 0.530. The van der Waals surface area contributed by atoms with Gasteiger partial charge < -0.3 is 31.0 Å². The van der Waals surface area contributed by atoms with Crippen LogP contribution in [0.2, 0.25) is 0 Å². The smallest absolute Gasteiger partial charge is 0.0978 e. The minimum absolute atomic E-state index is 0.0354. The predicted molar refractivity (Wildman–Crippen MR) is 64.9 cm³/mol. The van der Waals surface area contributed by atoms with Crippen LogP contribution in [0.15, 0.2) is 17.1 Å². The lowest BCUT2D eigenvalue weighted by molar-refractivity contribution is 0.00943. The Morgan fingerprint density at radius 3 is 3.12 bits per heavy atom. The van der Waals surface area contributed by atoms with Gasteiger partial charge in [0.15, 0.2) is 0 Å². The number of aliphatic hydroxyl groups is 1. The van der Waals surface area contributed by atoms with Crippen LogP contribution in [0.1, 0.15) is 30.3 Å². The lowest BCUT2D eigenvalue weighted by atomic mass is 10.1. The van der Waals surface area contributed by atoms with Gasteiger partial charge in [0.05, 0.1) is 24.5 Å². The number of nitrogens with one attached hydrogen (secondary N) is 1. The third-order valence-corrected chi connectivity index (χ3v) is 2.84. The fourth-order valence-corrected chi connectivity index (χ4v) is 1.95. The van der Waals surface area contributed by atoms with E-state index in [9.17, 15) is 0 Å². The molecular weight excluding hydrogens is 220 g/mol. The number of aliphatic imine (C=N–C) groups is 1. The Morgan fingerprint density at radius 2 is 2.47 bits per heavy atom. The average Bonchev–Trinajstić information content (AvgIpc) is 2.98. The van der Waals surface area contributed by atoms with Crippen LogP contribution in [-0.2, 0) is 4.74 Å². The van der Waals surface area contributed by atoms with E-state index >= 15 is 0 Å². The normalized spacial score (nSPS) is 25.1. The monoisotopic (exact) mass is 235 g/mol. The summed E-state index contributed by atoms with van der Waals surface area (Å²) in [7, 11) is 0. The van der Waals surface area contributed by atoms with Gasteiger partial charge in [-0.15, -0.1) is 6.34 Å². The molecule has 0 aliphatic carbocycles. The minimum atomic E-state index is -0.0801. The van der Waals surface area contributed by atoms with Gasteiger partial charge in [0.2, 0.25) is 0 Å². The van der Waals surface area contributed by atoms with Crippen molar-refractivity contribution < 1.29 is 9.84 Å². The van der Waals surface area contributed by atoms with E-state index in [1.54, 1.807) is 6.07 Å². The first-order chi connectivity index (χ1) is 8.24. The molecule has 0 bridgehead atoms. The Hall–Kier alpha value is -1.66. The summed E-state index contributed by atoms with van der Waals surface area (Å²) in [6, 6.07) is 3.66. The molecule has 0 saturated carbocycles. The molecule has 0 amide bonds. The van der Waals surface area contributed by atoms with Gasteiger partial charge in [-0.2, -0.15) is 0 Å². The number of aromatic amines is 1. The highest BCUT2D eigenvalue weighted by Crippen LogP contribution is 2.31. The third-order valence-electron chi connectivity index (χ3n) is 2.84. The zero-order chi connectivity index (χ0) is 12.3. The molecule has 1 aromatic rings. The molecule has 1 aliphatic rings. The number of aliphatic hydroxyl groups excluding tert-OH is 1. The molecule has 1 aliphatic heterocycles. The summed E-state index contributed by atoms with van der Waals surface area (Å²) < 4.78 is 5.63. The Kier molecular flexibility index (Phi) is 3.55. The number of nitrogens with zero attached hydrogens (tertiary/aromatic N) is 2. The average molecular weight is 235 g/mol. The van der Waals surface area contributed by atoms with E-state index in [4.69, 9.17) is 21.0 Å². The molecular formula is C11H15N4O2-. The van der Waals surface area contributed by atoms with Crippen molar-refractivity contribution in [1.82, 2.24) is 4.98 Å². The molecule has 0 radical (unpaired) electrons. The second-order valence-electron chi connectivity index (χ2n) is 3.96. The van der Waals surface area contributed by atoms with E-state index in [2.05, 4.69) is 9.98 Å². The van der Waals surface area contributed by atoms with Gasteiger partial charge >= 0.3 is 0 Å². The second kappa shape index (κ2) is 5.11. The number of ether oxygens (including phenoxy) is 1. The van der Waals surface area contributed by atoms with Crippen molar-refractivity contribution in [2.24, 2.45) is 10.7 Å². The third kappa shape index (κ3) is 2.54. The van der Waals surface area contributed by atoms with Gasteiger partial charge in [-0.05, 0) is 25.0 Å². The van der Waals surface area contributed by atoms with E-state index in [1.165, 1.54) is 0 Å². The van der Waals surface area contributed by atoms with Gasteiger partial charge in [0.1, 0.15) is 0 Å². The van der Waals surface area contributed by atoms with Crippen molar-refractivity contribution in [3.8, 4) is 0 Å². The molecule has 1 fully saturated rings. The number of rotatable bonds is 4. The van der Waals surface area contributed by atoms with E-state index in [0.717, 1.165) is 18.5 Å². The van der Waals surface area contributed by atoms with E-state index in [1.807, 2.05) is 6.07 Å². The van der Waals surface area contributed by atoms with Crippen LogP contribution in [0.25, 0.3) is 5.41 Å². The van der Waals surface area contributed by atoms with Crippen LogP contribution in [0.5, 0.6) is 0 Å². The first-order valence-corrected chi connectivity index (χ1v) is 5.49. The Balaban J connectivity index is 2.09. The summed E-state index contributed by atoms with van der Waals surface area (Å²) in [6.45, 7) is 0.0487. The Morgan fingerprint density at radius 1 is 1.65 bits per heavy atom. The molecule has 92 valence electrons. The number of hydrogen-bond donors (Lipinski definition) is 3. The molecule has 6 heteroatoms. The minimum Gasteiger partial charge on any atom is -0.472 e. The summed E-state index contributed by atoms with van der Waals surface area (Å²) >= 11 is 0. The van der Waals surface area contributed by atoms with E-state index in [-0.39, 0.29) is 24.7 Å². The van der Waals surface area contributed by atoms with Crippen molar-refractivity contribution in [1.29, 1.82) is 0 Å². The van der Waals surface area contributed by atoms with Gasteiger partial charge in [-0.1, -0.05) is 0 Å². The second-order valence-corrected chi connectivity index (χ2v) is 3.96. The molecule has 0 spiro atoms. The molecule has 6 nitrogen and oxygen atoms in total. The van der Waals surface area contributed by atoms with Crippen LogP contribution in [0.3, 0.4) is 0 Å². The summed E-state index contributed by atoms with van der Waals surface area (Å²) in [6.07, 6.45) is 2.26. The van der Waals surface area contributed by atoms with Crippen molar-refractivity contribution >= 4 is 12.2 Å². The lowest BCUT2D eigenvalue weighted by Gasteiger charge is -2.10. The lowest BCUT2D eigenvalue weighted by Crippen LogP contribution is -2.14. The molecule has 4 N–H and O–H groups in total. The number of nitrogens with two attached hydrogens (primary N) is 1. The largest absolute Gasteiger partial charge is 0.472 e. The van der Waals surface area contributed by atoms with Gasteiger partial charge in [0, 0.05) is 11.5 Å². The highest BCUT2D eigenvalue weighted by molar-refractivity contribution is 6.00. The number of H-pyrrole nitrogens is 1. The maximum atomic E-state index is 8.99. The zero-order valence-electron chi connectivity index (χ0n) is 9.34. The fourth-order valence-electron chi connectivity index (χ4n) is 1.95. The molecule has 2 atom stereocenters. The highest BCUT2D eigenvalue weighted by Gasteiger charge is 2.26. The number of amidine groups is 1. The molecule has 17 heavy (non-hydrogen) atoms. The molecule has 1 saturated heterocycles. The standard InChI is InChI=1S/C11H15N4O2/c12-6-14-11(13)9-3-2-8(15-9)10-4-1-7(5-16)17-10/h2-3,6-7,10,15-16H,1,4-5H2,(H2-,12,13,14)/q-1/t7-,10+/m0/s1. The first kappa shape index (κ1) is 11.8. The van der Waals surface area contributed by atoms with Crippen LogP contribution < -0.4 is 5.73 Å². The van der Waals surface area contributed by atoms with Crippen LogP contribution in [0, 0.1) is 0 Å². The number of hydrogen-bond acceptors (Lipinski definition) is 2. The van der Waals surface area contributed by atoms with Gasteiger partial charge in [-0.3, -0.25) is 0 Å². The van der Waals surface area contributed by atoms with E-state index in [0.29, 0.717) is 12.0 Å². The molecule has 2 rings (SSSR count). The molecule has 1 aromatic heterocycles. The van der Waals surface area contributed by atoms with Gasteiger partial charge in [0.25, 0.3) is 0 Å². The fraction of sp³-hybridized carbons (Fsp3) is 0.455. The van der Waals surface area contributed by atoms with Crippen LogP contribution in [-0.4, -0.2) is 35.0 Å². The summed E-state index contributed by atoms with van der Waals surface area (Å²) in [5, 5.41) is 17.5. The Bertz CT molecular complexity index is 427. The maximum absolute atomic E-state index is 8.99. The molecule has 0 aromatic carbocycles. The van der Waals surface area contributed by atoms with Crippen LogP contribution >= 0.6 is 0 Å². The van der Waals surface area contributed by atoms with Crippen molar-refractivity contribution in [2.75, 3.05) is 6.61 Å². The summed E-state index contributed by atoms with van der Waals surface area (Å²) in [4.78, 5) is 6.67. The first-order valence-electron chi connectivity index (χ1n) is 5.49. The zero-order valence-corrected chi connectivity index (χ0v) is 9.34. The highest BCUT2D eigenvalue weighted by atomic mass is 16.5. The maximum Gasteiger partial charge on any atom is 0.0978 e. The van der Waals surface area contributed by atoms with Crippen LogP contribution in [0.4, 0.5) is 0 Å².